The summed E-state index contributed by atoms with van der Waals surface area (Å²) in [6, 6.07) is 11.0. The summed E-state index contributed by atoms with van der Waals surface area (Å²) in [6.45, 7) is 4.17. The molecule has 1 aromatic rings. The number of rotatable bonds is 7. The molecule has 1 atom stereocenters. The van der Waals surface area contributed by atoms with E-state index in [4.69, 9.17) is 4.74 Å². The standard InChI is InChI=1S/C21H34N4O3S/c1-22-20(24-17-21(29(2,26)27)10-13-28-14-11-21)23-15-19-9-6-12-25(19)16-18-7-4-3-5-8-18/h3-5,7-8,19H,6,9-17H2,1-2H3,(H2,22,23,24). The molecular formula is C21H34N4O3S. The topological polar surface area (TPSA) is 83.0 Å². The summed E-state index contributed by atoms with van der Waals surface area (Å²) >= 11 is 0. The number of guanidine groups is 1. The van der Waals surface area contributed by atoms with Gasteiger partial charge in [0.2, 0.25) is 0 Å². The molecule has 2 aliphatic rings. The van der Waals surface area contributed by atoms with Crippen molar-refractivity contribution in [1.82, 2.24) is 15.5 Å². The number of hydrogen-bond acceptors (Lipinski definition) is 5. The maximum atomic E-state index is 12.4. The number of nitrogens with zero attached hydrogens (tertiary/aromatic N) is 2. The number of benzene rings is 1. The van der Waals surface area contributed by atoms with Crippen LogP contribution in [0.5, 0.6) is 0 Å². The number of likely N-dealkylation sites (tertiary alicyclic amines) is 1. The molecule has 29 heavy (non-hydrogen) atoms. The predicted molar refractivity (Wildman–Crippen MR) is 117 cm³/mol. The van der Waals surface area contributed by atoms with Crippen molar-refractivity contribution in [2.45, 2.75) is 43.0 Å². The predicted octanol–water partition coefficient (Wildman–Crippen LogP) is 1.41. The fourth-order valence-electron chi connectivity index (χ4n) is 4.25. The molecule has 0 radical (unpaired) electrons. The summed E-state index contributed by atoms with van der Waals surface area (Å²) in [4.78, 5) is 6.81. The Morgan fingerprint density at radius 2 is 1.97 bits per heavy atom. The van der Waals surface area contributed by atoms with Crippen molar-refractivity contribution in [1.29, 1.82) is 0 Å². The van der Waals surface area contributed by atoms with Crippen molar-refractivity contribution in [2.75, 3.05) is 46.2 Å². The zero-order chi connectivity index (χ0) is 20.7. The van der Waals surface area contributed by atoms with Crippen LogP contribution in [-0.4, -0.2) is 76.2 Å². The SMILES string of the molecule is CN=C(NCC1CCCN1Cc1ccccc1)NCC1(S(C)(=O)=O)CCOCC1. The van der Waals surface area contributed by atoms with E-state index in [-0.39, 0.29) is 0 Å². The quantitative estimate of drug-likeness (QED) is 0.511. The molecule has 7 nitrogen and oxygen atoms in total. The summed E-state index contributed by atoms with van der Waals surface area (Å²) < 4.78 is 29.5. The van der Waals surface area contributed by atoms with Crippen LogP contribution < -0.4 is 10.6 Å². The minimum absolute atomic E-state index is 0.354. The lowest BCUT2D eigenvalue weighted by Gasteiger charge is -2.36. The van der Waals surface area contributed by atoms with Gasteiger partial charge in [-0.3, -0.25) is 9.89 Å². The highest BCUT2D eigenvalue weighted by Crippen LogP contribution is 2.28. The van der Waals surface area contributed by atoms with Gasteiger partial charge in [-0.15, -0.1) is 0 Å². The van der Waals surface area contributed by atoms with Crippen molar-refractivity contribution in [3.05, 3.63) is 35.9 Å². The van der Waals surface area contributed by atoms with Crippen molar-refractivity contribution in [3.63, 3.8) is 0 Å². The van der Waals surface area contributed by atoms with Crippen LogP contribution in [0.4, 0.5) is 0 Å². The van der Waals surface area contributed by atoms with E-state index in [1.807, 2.05) is 6.07 Å². The number of sulfone groups is 1. The summed E-state index contributed by atoms with van der Waals surface area (Å²) in [5, 5.41) is 6.67. The van der Waals surface area contributed by atoms with Gasteiger partial charge < -0.3 is 15.4 Å². The van der Waals surface area contributed by atoms with Crippen LogP contribution in [0.2, 0.25) is 0 Å². The molecule has 2 fully saturated rings. The summed E-state index contributed by atoms with van der Waals surface area (Å²) in [5.74, 6) is 0.658. The van der Waals surface area contributed by atoms with Crippen molar-refractivity contribution >= 4 is 15.8 Å². The van der Waals surface area contributed by atoms with Gasteiger partial charge in [0.1, 0.15) is 0 Å². The third-order valence-electron chi connectivity index (χ3n) is 6.22. The molecule has 0 saturated carbocycles. The van der Waals surface area contributed by atoms with Crippen molar-refractivity contribution in [2.24, 2.45) is 4.99 Å². The molecule has 2 N–H and O–H groups in total. The van der Waals surface area contributed by atoms with Gasteiger partial charge >= 0.3 is 0 Å². The first-order valence-corrected chi connectivity index (χ1v) is 12.3. The Morgan fingerprint density at radius 3 is 2.62 bits per heavy atom. The van der Waals surface area contributed by atoms with Gasteiger partial charge in [0, 0.05) is 52.2 Å². The zero-order valence-electron chi connectivity index (χ0n) is 17.6. The minimum atomic E-state index is -3.20. The number of ether oxygens (including phenoxy) is 1. The van der Waals surface area contributed by atoms with E-state index in [0.29, 0.717) is 44.6 Å². The molecule has 3 rings (SSSR count). The van der Waals surface area contributed by atoms with E-state index in [0.717, 1.165) is 26.1 Å². The van der Waals surface area contributed by atoms with Gasteiger partial charge in [0.05, 0.1) is 4.75 Å². The largest absolute Gasteiger partial charge is 0.381 e. The second-order valence-corrected chi connectivity index (χ2v) is 10.5. The van der Waals surface area contributed by atoms with Crippen LogP contribution in [-0.2, 0) is 21.1 Å². The van der Waals surface area contributed by atoms with Gasteiger partial charge in [0.25, 0.3) is 0 Å². The molecule has 0 spiro atoms. The fraction of sp³-hybridized carbons (Fsp3) is 0.667. The second-order valence-electron chi connectivity index (χ2n) is 8.13. The van der Waals surface area contributed by atoms with Crippen LogP contribution >= 0.6 is 0 Å². The Labute approximate surface area is 174 Å². The van der Waals surface area contributed by atoms with E-state index in [1.165, 1.54) is 18.2 Å². The lowest BCUT2D eigenvalue weighted by Crippen LogP contribution is -2.54. The van der Waals surface area contributed by atoms with E-state index in [1.54, 1.807) is 7.05 Å². The highest BCUT2D eigenvalue weighted by molar-refractivity contribution is 7.92. The first-order chi connectivity index (χ1) is 13.9. The maximum absolute atomic E-state index is 12.4. The third-order valence-corrected chi connectivity index (χ3v) is 8.35. The maximum Gasteiger partial charge on any atom is 0.191 e. The average molecular weight is 423 g/mol. The van der Waals surface area contributed by atoms with Crippen LogP contribution in [0.25, 0.3) is 0 Å². The third kappa shape index (κ3) is 5.71. The van der Waals surface area contributed by atoms with Crippen molar-refractivity contribution in [3.8, 4) is 0 Å². The molecule has 2 heterocycles. The van der Waals surface area contributed by atoms with E-state index >= 15 is 0 Å². The van der Waals surface area contributed by atoms with Crippen LogP contribution in [0.15, 0.2) is 35.3 Å². The Kier molecular flexibility index (Phi) is 7.54. The molecule has 0 aromatic heterocycles. The first-order valence-electron chi connectivity index (χ1n) is 10.4. The summed E-state index contributed by atoms with van der Waals surface area (Å²) in [7, 11) is -1.47. The zero-order valence-corrected chi connectivity index (χ0v) is 18.4. The second kappa shape index (κ2) is 9.91. The monoisotopic (exact) mass is 422 g/mol. The Morgan fingerprint density at radius 1 is 1.24 bits per heavy atom. The van der Waals surface area contributed by atoms with Gasteiger partial charge in [-0.1, -0.05) is 30.3 Å². The van der Waals surface area contributed by atoms with Gasteiger partial charge in [-0.25, -0.2) is 8.42 Å². The molecule has 0 amide bonds. The van der Waals surface area contributed by atoms with Gasteiger partial charge in [-0.2, -0.15) is 0 Å². The molecule has 162 valence electrons. The number of nitrogens with one attached hydrogen (secondary N) is 2. The lowest BCUT2D eigenvalue weighted by molar-refractivity contribution is 0.0756. The molecule has 2 saturated heterocycles. The normalized spacial score (nSPS) is 23.1. The molecule has 2 aliphatic heterocycles. The number of aliphatic imine (C=N–C) groups is 1. The van der Waals surface area contributed by atoms with E-state index < -0.39 is 14.6 Å². The highest BCUT2D eigenvalue weighted by atomic mass is 32.2. The molecule has 1 unspecified atom stereocenters. The molecule has 1 aromatic carbocycles. The molecular weight excluding hydrogens is 388 g/mol. The molecule has 0 bridgehead atoms. The average Bonchev–Trinajstić information content (AvgIpc) is 3.16. The van der Waals surface area contributed by atoms with Gasteiger partial charge in [0.15, 0.2) is 15.8 Å². The Hall–Kier alpha value is -1.64. The smallest absolute Gasteiger partial charge is 0.191 e. The first kappa shape index (κ1) is 22.1. The molecule has 0 aliphatic carbocycles. The highest BCUT2D eigenvalue weighted by Gasteiger charge is 2.42. The summed E-state index contributed by atoms with van der Waals surface area (Å²) in [6.07, 6.45) is 4.71. The Bertz CT molecular complexity index is 776. The van der Waals surface area contributed by atoms with Gasteiger partial charge in [-0.05, 0) is 37.8 Å². The lowest BCUT2D eigenvalue weighted by atomic mass is 9.99. The summed E-state index contributed by atoms with van der Waals surface area (Å²) in [5.41, 5.74) is 1.33. The Balaban J connectivity index is 1.53. The molecule has 8 heteroatoms. The van der Waals surface area contributed by atoms with Crippen LogP contribution in [0.3, 0.4) is 0 Å². The van der Waals surface area contributed by atoms with E-state index in [9.17, 15) is 8.42 Å². The van der Waals surface area contributed by atoms with E-state index in [2.05, 4.69) is 44.8 Å². The van der Waals surface area contributed by atoms with Crippen LogP contribution in [0.1, 0.15) is 31.2 Å². The van der Waals surface area contributed by atoms with Crippen LogP contribution in [0, 0.1) is 0 Å². The number of hydrogen-bond donors (Lipinski definition) is 2. The fourth-order valence-corrected chi connectivity index (χ4v) is 5.50. The minimum Gasteiger partial charge on any atom is -0.381 e. The van der Waals surface area contributed by atoms with Crippen molar-refractivity contribution < 1.29 is 13.2 Å².